The molecule has 2 fully saturated rings. The van der Waals surface area contributed by atoms with Crippen LogP contribution < -0.4 is 0 Å². The number of benzene rings is 1. The average molecular weight is 294 g/mol. The molecule has 0 heterocycles. The van der Waals surface area contributed by atoms with Crippen LogP contribution >= 0.6 is 0 Å². The van der Waals surface area contributed by atoms with Gasteiger partial charge in [0.05, 0.1) is 0 Å². The van der Waals surface area contributed by atoms with E-state index in [1.54, 1.807) is 0 Å². The molecular weight excluding hydrogens is 264 g/mol. The van der Waals surface area contributed by atoms with E-state index in [9.17, 15) is 0 Å². The van der Waals surface area contributed by atoms with E-state index in [4.69, 9.17) is 0 Å². The molecule has 0 unspecified atom stereocenters. The number of hydrogen-bond acceptors (Lipinski definition) is 0. The summed E-state index contributed by atoms with van der Waals surface area (Å²) in [6.45, 7) is 4.55. The molecule has 0 heteroatoms. The first-order chi connectivity index (χ1) is 10.7. The van der Waals surface area contributed by atoms with Crippen molar-refractivity contribution in [3.8, 4) is 11.8 Å². The molecule has 1 aromatic carbocycles. The first-order valence-electron chi connectivity index (χ1n) is 9.29. The van der Waals surface area contributed by atoms with Crippen LogP contribution in [0.1, 0.15) is 69.4 Å². The minimum absolute atomic E-state index is 0.639. The van der Waals surface area contributed by atoms with Gasteiger partial charge in [-0.05, 0) is 75.3 Å². The molecular formula is C22H30. The van der Waals surface area contributed by atoms with Gasteiger partial charge >= 0.3 is 0 Å². The van der Waals surface area contributed by atoms with Gasteiger partial charge in [0.15, 0.2) is 0 Å². The highest BCUT2D eigenvalue weighted by molar-refractivity contribution is 5.36. The van der Waals surface area contributed by atoms with E-state index in [1.165, 1.54) is 62.5 Å². The van der Waals surface area contributed by atoms with Crippen LogP contribution in [0.4, 0.5) is 0 Å². The molecule has 2 saturated carbocycles. The SMILES string of the molecule is Cc1ccc(C#CC2CCC(C3CCC(C)CC3)CC2)cc1. The summed E-state index contributed by atoms with van der Waals surface area (Å²) in [6.07, 6.45) is 11.4. The third kappa shape index (κ3) is 4.16. The van der Waals surface area contributed by atoms with E-state index >= 15 is 0 Å². The molecule has 0 saturated heterocycles. The summed E-state index contributed by atoms with van der Waals surface area (Å²) in [6, 6.07) is 8.62. The van der Waals surface area contributed by atoms with E-state index < -0.39 is 0 Å². The summed E-state index contributed by atoms with van der Waals surface area (Å²) in [5.74, 6) is 10.6. The minimum Gasteiger partial charge on any atom is -0.0945 e. The van der Waals surface area contributed by atoms with E-state index in [0.29, 0.717) is 5.92 Å². The van der Waals surface area contributed by atoms with Crippen LogP contribution in [-0.4, -0.2) is 0 Å². The van der Waals surface area contributed by atoms with Gasteiger partial charge in [-0.2, -0.15) is 0 Å². The Morgan fingerprint density at radius 1 is 0.773 bits per heavy atom. The lowest BCUT2D eigenvalue weighted by Crippen LogP contribution is -2.24. The Hall–Kier alpha value is -1.22. The molecule has 0 radical (unpaired) electrons. The highest BCUT2D eigenvalue weighted by Gasteiger charge is 2.29. The molecule has 3 rings (SSSR count). The van der Waals surface area contributed by atoms with Crippen molar-refractivity contribution in [1.82, 2.24) is 0 Å². The Kier molecular flexibility index (Phi) is 5.24. The zero-order valence-corrected chi connectivity index (χ0v) is 14.3. The lowest BCUT2D eigenvalue weighted by Gasteiger charge is -2.36. The fraction of sp³-hybridized carbons (Fsp3) is 0.636. The van der Waals surface area contributed by atoms with Crippen molar-refractivity contribution in [2.24, 2.45) is 23.7 Å². The van der Waals surface area contributed by atoms with Gasteiger partial charge in [-0.25, -0.2) is 0 Å². The monoisotopic (exact) mass is 294 g/mol. The minimum atomic E-state index is 0.639. The summed E-state index contributed by atoms with van der Waals surface area (Å²) in [5.41, 5.74) is 2.49. The molecule has 0 amide bonds. The second kappa shape index (κ2) is 7.36. The lowest BCUT2D eigenvalue weighted by molar-refractivity contribution is 0.162. The van der Waals surface area contributed by atoms with Gasteiger partial charge in [-0.3, -0.25) is 0 Å². The number of hydrogen-bond donors (Lipinski definition) is 0. The van der Waals surface area contributed by atoms with Crippen molar-refractivity contribution >= 4 is 0 Å². The van der Waals surface area contributed by atoms with Crippen LogP contribution in [0.25, 0.3) is 0 Å². The summed E-state index contributed by atoms with van der Waals surface area (Å²) >= 11 is 0. The zero-order valence-electron chi connectivity index (χ0n) is 14.3. The molecule has 1 aromatic rings. The molecule has 22 heavy (non-hydrogen) atoms. The predicted molar refractivity (Wildman–Crippen MR) is 94.6 cm³/mol. The van der Waals surface area contributed by atoms with E-state index in [1.807, 2.05) is 0 Å². The summed E-state index contributed by atoms with van der Waals surface area (Å²) in [5, 5.41) is 0. The van der Waals surface area contributed by atoms with E-state index in [-0.39, 0.29) is 0 Å². The normalized spacial score (nSPS) is 32.1. The Balaban J connectivity index is 1.49. The Morgan fingerprint density at radius 3 is 1.91 bits per heavy atom. The Morgan fingerprint density at radius 2 is 1.32 bits per heavy atom. The van der Waals surface area contributed by atoms with Crippen molar-refractivity contribution < 1.29 is 0 Å². The average Bonchev–Trinajstić information content (AvgIpc) is 2.56. The van der Waals surface area contributed by atoms with E-state index in [0.717, 1.165) is 17.8 Å². The topological polar surface area (TPSA) is 0 Å². The Labute approximate surface area is 136 Å². The van der Waals surface area contributed by atoms with Crippen molar-refractivity contribution in [1.29, 1.82) is 0 Å². The first-order valence-corrected chi connectivity index (χ1v) is 9.29. The second-order valence-electron chi connectivity index (χ2n) is 7.77. The van der Waals surface area contributed by atoms with Crippen LogP contribution in [0.5, 0.6) is 0 Å². The van der Waals surface area contributed by atoms with E-state index in [2.05, 4.69) is 50.0 Å². The quantitative estimate of drug-likeness (QED) is 0.559. The third-order valence-corrected chi connectivity index (χ3v) is 5.97. The molecule has 2 aliphatic rings. The predicted octanol–water partition coefficient (Wildman–Crippen LogP) is 5.98. The van der Waals surface area contributed by atoms with Gasteiger partial charge in [-0.1, -0.05) is 49.3 Å². The third-order valence-electron chi connectivity index (χ3n) is 5.97. The van der Waals surface area contributed by atoms with Crippen LogP contribution in [0.2, 0.25) is 0 Å². The fourth-order valence-electron chi connectivity index (χ4n) is 4.31. The van der Waals surface area contributed by atoms with Crippen LogP contribution in [0.15, 0.2) is 24.3 Å². The standard InChI is InChI=1S/C22H30/c1-17-3-7-19(8-4-17)9-10-20-11-15-22(16-12-20)21-13-5-18(2)6-14-21/h3-4,7-8,18,20-22H,5-6,11-16H2,1-2H3. The maximum Gasteiger partial charge on any atom is 0.0245 e. The molecule has 0 atom stereocenters. The molecule has 2 aliphatic carbocycles. The number of aryl methyl sites for hydroxylation is 1. The molecule has 0 N–H and O–H groups in total. The maximum atomic E-state index is 3.54. The van der Waals surface area contributed by atoms with Crippen molar-refractivity contribution in [2.45, 2.75) is 65.2 Å². The largest absolute Gasteiger partial charge is 0.0945 e. The highest BCUT2D eigenvalue weighted by Crippen LogP contribution is 2.41. The first kappa shape index (κ1) is 15.7. The lowest BCUT2D eigenvalue weighted by atomic mass is 9.69. The molecule has 0 aromatic heterocycles. The van der Waals surface area contributed by atoms with Crippen molar-refractivity contribution in [3.63, 3.8) is 0 Å². The smallest absolute Gasteiger partial charge is 0.0245 e. The molecule has 0 aliphatic heterocycles. The second-order valence-corrected chi connectivity index (χ2v) is 7.77. The summed E-state index contributed by atoms with van der Waals surface area (Å²) in [7, 11) is 0. The summed E-state index contributed by atoms with van der Waals surface area (Å²) in [4.78, 5) is 0. The van der Waals surface area contributed by atoms with Gasteiger partial charge in [0.2, 0.25) is 0 Å². The van der Waals surface area contributed by atoms with Gasteiger partial charge in [0.25, 0.3) is 0 Å². The molecule has 0 spiro atoms. The fourth-order valence-corrected chi connectivity index (χ4v) is 4.31. The molecule has 0 nitrogen and oxygen atoms in total. The number of rotatable bonds is 1. The molecule has 118 valence electrons. The zero-order chi connectivity index (χ0) is 15.4. The maximum absolute atomic E-state index is 3.54. The van der Waals surface area contributed by atoms with Gasteiger partial charge in [0.1, 0.15) is 0 Å². The van der Waals surface area contributed by atoms with Gasteiger partial charge < -0.3 is 0 Å². The highest BCUT2D eigenvalue weighted by atomic mass is 14.3. The van der Waals surface area contributed by atoms with Crippen LogP contribution in [0, 0.1) is 42.4 Å². The van der Waals surface area contributed by atoms with Crippen LogP contribution in [-0.2, 0) is 0 Å². The van der Waals surface area contributed by atoms with Gasteiger partial charge in [-0.15, -0.1) is 0 Å². The molecule has 0 bridgehead atoms. The summed E-state index contributed by atoms with van der Waals surface area (Å²) < 4.78 is 0. The van der Waals surface area contributed by atoms with Crippen LogP contribution in [0.3, 0.4) is 0 Å². The van der Waals surface area contributed by atoms with Gasteiger partial charge in [0, 0.05) is 11.5 Å². The van der Waals surface area contributed by atoms with Crippen molar-refractivity contribution in [3.05, 3.63) is 35.4 Å². The van der Waals surface area contributed by atoms with Crippen molar-refractivity contribution in [2.75, 3.05) is 0 Å². The Bertz CT molecular complexity index is 511.